The molecule has 1 saturated carbocycles. The zero-order chi connectivity index (χ0) is 22.9. The van der Waals surface area contributed by atoms with Gasteiger partial charge in [-0.05, 0) is 48.9 Å². The molecule has 0 radical (unpaired) electrons. The Morgan fingerprint density at radius 2 is 1.91 bits per heavy atom. The Morgan fingerprint density at radius 3 is 2.53 bits per heavy atom. The van der Waals surface area contributed by atoms with Crippen molar-refractivity contribution in [3.63, 3.8) is 0 Å². The van der Waals surface area contributed by atoms with Gasteiger partial charge in [-0.25, -0.2) is 4.98 Å². The highest BCUT2D eigenvalue weighted by molar-refractivity contribution is 5.75. The van der Waals surface area contributed by atoms with Gasteiger partial charge in [-0.1, -0.05) is 0 Å². The number of alkyl halides is 3. The Balaban J connectivity index is 1.50. The number of aliphatic carboxylic acids is 1. The van der Waals surface area contributed by atoms with E-state index in [0.29, 0.717) is 40.4 Å². The second-order valence-corrected chi connectivity index (χ2v) is 7.46. The van der Waals surface area contributed by atoms with Crippen LogP contribution in [0.3, 0.4) is 0 Å². The number of carbonyl (C=O) groups is 1. The number of aromatic nitrogens is 2. The summed E-state index contributed by atoms with van der Waals surface area (Å²) < 4.78 is 49.0. The van der Waals surface area contributed by atoms with E-state index in [1.54, 1.807) is 24.5 Å². The smallest absolute Gasteiger partial charge is 0.416 e. The molecule has 0 saturated heterocycles. The lowest BCUT2D eigenvalue weighted by Gasteiger charge is -2.11. The molecule has 1 aliphatic carbocycles. The summed E-state index contributed by atoms with van der Waals surface area (Å²) in [6.07, 6.45) is -0.658. The minimum atomic E-state index is -4.40. The highest BCUT2D eigenvalue weighted by Gasteiger charge is 2.46. The van der Waals surface area contributed by atoms with Crippen LogP contribution in [-0.4, -0.2) is 28.2 Å². The Bertz CT molecular complexity index is 1130. The first-order chi connectivity index (χ1) is 15.3. The van der Waals surface area contributed by atoms with Crippen molar-refractivity contribution < 1.29 is 32.5 Å². The van der Waals surface area contributed by atoms with E-state index in [1.165, 1.54) is 19.2 Å². The molecular formula is C23H19F3N2O4. The summed E-state index contributed by atoms with van der Waals surface area (Å²) in [5.74, 6) is -0.665. The zero-order valence-corrected chi connectivity index (χ0v) is 17.0. The first-order valence-electron chi connectivity index (χ1n) is 9.78. The second kappa shape index (κ2) is 8.49. The van der Waals surface area contributed by atoms with Crippen LogP contribution in [0, 0.1) is 5.92 Å². The van der Waals surface area contributed by atoms with Gasteiger partial charge in [0.1, 0.15) is 18.1 Å². The Labute approximate surface area is 181 Å². The van der Waals surface area contributed by atoms with Crippen molar-refractivity contribution >= 4 is 5.97 Å². The van der Waals surface area contributed by atoms with E-state index in [1.807, 2.05) is 6.07 Å². The normalized spacial score (nSPS) is 17.6. The summed E-state index contributed by atoms with van der Waals surface area (Å²) in [7, 11) is 1.51. The maximum atomic E-state index is 12.7. The average Bonchev–Trinajstić information content (AvgIpc) is 3.58. The molecule has 166 valence electrons. The van der Waals surface area contributed by atoms with E-state index in [0.717, 1.165) is 12.1 Å². The van der Waals surface area contributed by atoms with Gasteiger partial charge in [0.05, 0.1) is 30.0 Å². The quantitative estimate of drug-likeness (QED) is 0.556. The van der Waals surface area contributed by atoms with Crippen molar-refractivity contribution in [3.05, 3.63) is 71.7 Å². The van der Waals surface area contributed by atoms with Gasteiger partial charge < -0.3 is 14.6 Å². The third-order valence-corrected chi connectivity index (χ3v) is 5.24. The van der Waals surface area contributed by atoms with Crippen molar-refractivity contribution in [2.24, 2.45) is 5.92 Å². The highest BCUT2D eigenvalue weighted by atomic mass is 19.4. The number of nitrogens with zero attached hydrogens (tertiary/aromatic N) is 2. The molecule has 0 spiro atoms. The number of benzene rings is 1. The van der Waals surface area contributed by atoms with Crippen molar-refractivity contribution in [3.8, 4) is 22.8 Å². The molecule has 0 unspecified atom stereocenters. The fourth-order valence-corrected chi connectivity index (χ4v) is 3.44. The van der Waals surface area contributed by atoms with Crippen LogP contribution < -0.4 is 9.47 Å². The Morgan fingerprint density at radius 1 is 1.16 bits per heavy atom. The largest absolute Gasteiger partial charge is 0.495 e. The van der Waals surface area contributed by atoms with E-state index in [-0.39, 0.29) is 12.5 Å². The lowest BCUT2D eigenvalue weighted by atomic mass is 10.1. The summed E-state index contributed by atoms with van der Waals surface area (Å²) in [6.45, 7) is 0.110. The molecule has 0 aliphatic heterocycles. The van der Waals surface area contributed by atoms with Crippen molar-refractivity contribution in [1.29, 1.82) is 0 Å². The summed E-state index contributed by atoms with van der Waals surface area (Å²) in [6, 6.07) is 9.80. The van der Waals surface area contributed by atoms with Gasteiger partial charge in [0.25, 0.3) is 0 Å². The van der Waals surface area contributed by atoms with Crippen LogP contribution in [0.5, 0.6) is 11.5 Å². The highest BCUT2D eigenvalue weighted by Crippen LogP contribution is 2.50. The monoisotopic (exact) mass is 444 g/mol. The fraction of sp³-hybridized carbons (Fsp3) is 0.261. The number of hydrogen-bond acceptors (Lipinski definition) is 5. The molecule has 2 aromatic heterocycles. The third kappa shape index (κ3) is 4.66. The van der Waals surface area contributed by atoms with E-state index in [2.05, 4.69) is 9.97 Å². The van der Waals surface area contributed by atoms with Crippen LogP contribution in [0.15, 0.2) is 54.9 Å². The molecule has 1 aromatic carbocycles. The molecule has 1 N–H and O–H groups in total. The topological polar surface area (TPSA) is 81.5 Å². The Kier molecular flexibility index (Phi) is 5.73. The van der Waals surface area contributed by atoms with Gasteiger partial charge in [-0.15, -0.1) is 0 Å². The van der Waals surface area contributed by atoms with Crippen molar-refractivity contribution in [2.45, 2.75) is 25.1 Å². The lowest BCUT2D eigenvalue weighted by Crippen LogP contribution is -2.04. The third-order valence-electron chi connectivity index (χ3n) is 5.24. The van der Waals surface area contributed by atoms with Crippen LogP contribution in [0.1, 0.15) is 29.2 Å². The number of rotatable bonds is 7. The lowest BCUT2D eigenvalue weighted by molar-refractivity contribution is -0.139. The SMILES string of the molecule is COc1ccc(-c2cncc(COc3ccc(C(F)(F)F)cc3)c2)nc1[C@@H]1C[C@H]1C(=O)O. The standard InChI is InChI=1S/C23H19F3N2O4/c1-31-20-7-6-19(28-21(20)17-9-18(17)22(29)30)14-8-13(10-27-11-14)12-32-16-4-2-15(3-5-16)23(24,25)26/h2-8,10-11,17-18H,9,12H2,1H3,(H,29,30)/t17-,18-/m1/s1. The van der Waals surface area contributed by atoms with Crippen LogP contribution in [0.4, 0.5) is 13.2 Å². The van der Waals surface area contributed by atoms with E-state index in [9.17, 15) is 23.1 Å². The number of methoxy groups -OCH3 is 1. The van der Waals surface area contributed by atoms with E-state index < -0.39 is 23.6 Å². The number of carboxylic acids is 1. The Hall–Kier alpha value is -3.62. The van der Waals surface area contributed by atoms with Gasteiger partial charge >= 0.3 is 12.1 Å². The number of carboxylic acid groups (broad SMARTS) is 1. The summed E-state index contributed by atoms with van der Waals surface area (Å²) >= 11 is 0. The number of hydrogen-bond donors (Lipinski definition) is 1. The molecule has 1 aliphatic rings. The van der Waals surface area contributed by atoms with Crippen molar-refractivity contribution in [2.75, 3.05) is 7.11 Å². The molecule has 0 amide bonds. The zero-order valence-electron chi connectivity index (χ0n) is 17.0. The van der Waals surface area contributed by atoms with Gasteiger partial charge in [0.15, 0.2) is 0 Å². The minimum absolute atomic E-state index is 0.110. The average molecular weight is 444 g/mol. The second-order valence-electron chi connectivity index (χ2n) is 7.46. The predicted octanol–water partition coefficient (Wildman–Crippen LogP) is 4.94. The maximum Gasteiger partial charge on any atom is 0.416 e. The molecule has 2 atom stereocenters. The van der Waals surface area contributed by atoms with Crippen LogP contribution in [-0.2, 0) is 17.6 Å². The van der Waals surface area contributed by atoms with E-state index in [4.69, 9.17) is 9.47 Å². The summed E-state index contributed by atoms with van der Waals surface area (Å²) in [4.78, 5) is 20.1. The molecule has 4 rings (SSSR count). The van der Waals surface area contributed by atoms with Gasteiger partial charge in [-0.2, -0.15) is 13.2 Å². The first-order valence-corrected chi connectivity index (χ1v) is 9.78. The van der Waals surface area contributed by atoms with Crippen molar-refractivity contribution in [1.82, 2.24) is 9.97 Å². The van der Waals surface area contributed by atoms with E-state index >= 15 is 0 Å². The molecular weight excluding hydrogens is 425 g/mol. The molecule has 0 bridgehead atoms. The van der Waals surface area contributed by atoms with Crippen LogP contribution >= 0.6 is 0 Å². The summed E-state index contributed by atoms with van der Waals surface area (Å²) in [5, 5.41) is 9.23. The number of pyridine rings is 2. The van der Waals surface area contributed by atoms with Gasteiger partial charge in [0, 0.05) is 29.4 Å². The molecule has 1 fully saturated rings. The van der Waals surface area contributed by atoms with Crippen LogP contribution in [0.25, 0.3) is 11.3 Å². The number of ether oxygens (including phenoxy) is 2. The number of halogens is 3. The van der Waals surface area contributed by atoms with Gasteiger partial charge in [0.2, 0.25) is 0 Å². The minimum Gasteiger partial charge on any atom is -0.495 e. The fourth-order valence-electron chi connectivity index (χ4n) is 3.44. The molecule has 2 heterocycles. The summed E-state index contributed by atoms with van der Waals surface area (Å²) in [5.41, 5.74) is 1.88. The molecule has 3 aromatic rings. The first kappa shape index (κ1) is 21.6. The molecule has 6 nitrogen and oxygen atoms in total. The van der Waals surface area contributed by atoms with Gasteiger partial charge in [-0.3, -0.25) is 9.78 Å². The molecule has 9 heteroatoms. The molecule has 32 heavy (non-hydrogen) atoms. The predicted molar refractivity (Wildman–Crippen MR) is 108 cm³/mol. The maximum absolute atomic E-state index is 12.7. The van der Waals surface area contributed by atoms with Crippen LogP contribution in [0.2, 0.25) is 0 Å².